The van der Waals surface area contributed by atoms with Crippen molar-refractivity contribution < 1.29 is 8.78 Å². The van der Waals surface area contributed by atoms with E-state index in [1.165, 1.54) is 18.9 Å². The molecule has 1 atom stereocenters. The van der Waals surface area contributed by atoms with Crippen molar-refractivity contribution in [1.82, 2.24) is 0 Å². The van der Waals surface area contributed by atoms with Gasteiger partial charge in [0.1, 0.15) is 11.6 Å². The number of nitrogens with one attached hydrogen (secondary N) is 1. The summed E-state index contributed by atoms with van der Waals surface area (Å²) in [5.74, 6) is -0.882. The van der Waals surface area contributed by atoms with Gasteiger partial charge >= 0.3 is 0 Å². The lowest BCUT2D eigenvalue weighted by Crippen LogP contribution is -2.18. The molecule has 1 aliphatic carbocycles. The molecule has 0 spiro atoms. The predicted octanol–water partition coefficient (Wildman–Crippen LogP) is 5.03. The van der Waals surface area contributed by atoms with Crippen LogP contribution in [0.15, 0.2) is 28.8 Å². The molecule has 0 fully saturated rings. The van der Waals surface area contributed by atoms with Gasteiger partial charge in [0.15, 0.2) is 0 Å². The highest BCUT2D eigenvalue weighted by Gasteiger charge is 2.12. The summed E-state index contributed by atoms with van der Waals surface area (Å²) in [4.78, 5) is 0. The third-order valence-corrected chi connectivity index (χ3v) is 3.71. The third kappa shape index (κ3) is 3.55. The lowest BCUT2D eigenvalue weighted by atomic mass is 10.0. The van der Waals surface area contributed by atoms with Crippen molar-refractivity contribution in [2.45, 2.75) is 38.1 Å². The largest absolute Gasteiger partial charge is 0.376 e. The van der Waals surface area contributed by atoms with Crippen LogP contribution in [0.1, 0.15) is 32.1 Å². The number of rotatable bonds is 2. The minimum atomic E-state index is -0.450. The van der Waals surface area contributed by atoms with Crippen molar-refractivity contribution in [3.05, 3.63) is 40.4 Å². The first-order valence-corrected chi connectivity index (χ1v) is 7.04. The van der Waals surface area contributed by atoms with E-state index in [2.05, 4.69) is 33.4 Å². The molecule has 0 heterocycles. The second-order valence-corrected chi connectivity index (χ2v) is 5.42. The maximum Gasteiger partial charge on any atom is 0.147 e. The normalized spacial score (nSPS) is 22.1. The molecule has 98 valence electrons. The molecular weight excluding hydrogens is 300 g/mol. The molecule has 0 saturated heterocycles. The van der Waals surface area contributed by atoms with Gasteiger partial charge in [0.25, 0.3) is 0 Å². The number of halogens is 3. The number of hydrogen-bond acceptors (Lipinski definition) is 1. The van der Waals surface area contributed by atoms with Crippen LogP contribution in [0.4, 0.5) is 14.5 Å². The van der Waals surface area contributed by atoms with Gasteiger partial charge in [0.05, 0.1) is 10.2 Å². The Morgan fingerprint density at radius 2 is 1.94 bits per heavy atom. The van der Waals surface area contributed by atoms with Crippen molar-refractivity contribution in [2.24, 2.45) is 0 Å². The summed E-state index contributed by atoms with van der Waals surface area (Å²) in [5, 5.41) is 3.06. The third-order valence-electron chi connectivity index (χ3n) is 3.11. The summed E-state index contributed by atoms with van der Waals surface area (Å²) in [6, 6.07) is 2.44. The van der Waals surface area contributed by atoms with Gasteiger partial charge in [-0.25, -0.2) is 8.78 Å². The molecule has 0 amide bonds. The Hall–Kier alpha value is -0.900. The Kier molecular flexibility index (Phi) is 4.75. The standard InChI is InChI=1S/C14H16BrF2N/c15-11-8-13(17)14(9-12(11)16)18-10-6-4-2-1-3-5-7-10/h4,6,8-10,18H,1-3,5,7H2/b6-4+. The number of hydrogen-bond donors (Lipinski definition) is 1. The molecule has 0 aromatic heterocycles. The van der Waals surface area contributed by atoms with E-state index < -0.39 is 11.6 Å². The minimum Gasteiger partial charge on any atom is -0.376 e. The first-order valence-electron chi connectivity index (χ1n) is 6.24. The van der Waals surface area contributed by atoms with Gasteiger partial charge in [0, 0.05) is 12.1 Å². The second-order valence-electron chi connectivity index (χ2n) is 4.56. The molecule has 1 aliphatic rings. The average Bonchev–Trinajstić information content (AvgIpc) is 2.29. The van der Waals surface area contributed by atoms with Gasteiger partial charge in [-0.3, -0.25) is 0 Å². The summed E-state index contributed by atoms with van der Waals surface area (Å²) in [7, 11) is 0. The fourth-order valence-corrected chi connectivity index (χ4v) is 2.43. The van der Waals surface area contributed by atoms with Gasteiger partial charge < -0.3 is 5.32 Å². The van der Waals surface area contributed by atoms with Gasteiger partial charge in [0.2, 0.25) is 0 Å². The van der Waals surface area contributed by atoms with Crippen LogP contribution in [-0.2, 0) is 0 Å². The Balaban J connectivity index is 2.12. The Bertz CT molecular complexity index is 446. The van der Waals surface area contributed by atoms with E-state index in [9.17, 15) is 8.78 Å². The zero-order valence-electron chi connectivity index (χ0n) is 10.1. The molecule has 0 bridgehead atoms. The van der Waals surface area contributed by atoms with E-state index in [0.717, 1.165) is 25.3 Å². The molecule has 1 nitrogen and oxygen atoms in total. The molecule has 1 aromatic rings. The molecule has 0 radical (unpaired) electrons. The van der Waals surface area contributed by atoms with Crippen LogP contribution in [0.2, 0.25) is 0 Å². The SMILES string of the molecule is Fc1cc(NC2/C=C/CCCCC2)c(F)cc1Br. The fraction of sp³-hybridized carbons (Fsp3) is 0.429. The highest BCUT2D eigenvalue weighted by molar-refractivity contribution is 9.10. The Morgan fingerprint density at radius 3 is 2.78 bits per heavy atom. The maximum atomic E-state index is 13.7. The topological polar surface area (TPSA) is 12.0 Å². The Morgan fingerprint density at radius 1 is 1.11 bits per heavy atom. The van der Waals surface area contributed by atoms with Crippen LogP contribution < -0.4 is 5.32 Å². The molecule has 1 unspecified atom stereocenters. The van der Waals surface area contributed by atoms with Gasteiger partial charge in [-0.05, 0) is 41.3 Å². The summed E-state index contributed by atoms with van der Waals surface area (Å²) in [6.45, 7) is 0. The minimum absolute atomic E-state index is 0.0837. The van der Waals surface area contributed by atoms with Crippen LogP contribution >= 0.6 is 15.9 Å². The van der Waals surface area contributed by atoms with Crippen molar-refractivity contribution >= 4 is 21.6 Å². The first-order chi connectivity index (χ1) is 8.66. The molecule has 0 saturated carbocycles. The number of allylic oxidation sites excluding steroid dienone is 1. The molecular formula is C14H16BrF2N. The van der Waals surface area contributed by atoms with Gasteiger partial charge in [-0.15, -0.1) is 0 Å². The average molecular weight is 316 g/mol. The van der Waals surface area contributed by atoms with Crippen LogP contribution in [0.25, 0.3) is 0 Å². The van der Waals surface area contributed by atoms with Crippen molar-refractivity contribution in [1.29, 1.82) is 0 Å². The molecule has 1 N–H and O–H groups in total. The van der Waals surface area contributed by atoms with E-state index in [-0.39, 0.29) is 16.2 Å². The predicted molar refractivity (Wildman–Crippen MR) is 73.7 cm³/mol. The molecule has 0 aliphatic heterocycles. The van der Waals surface area contributed by atoms with Gasteiger partial charge in [-0.2, -0.15) is 0 Å². The van der Waals surface area contributed by atoms with Crippen molar-refractivity contribution in [3.8, 4) is 0 Å². The molecule has 18 heavy (non-hydrogen) atoms. The zero-order valence-corrected chi connectivity index (χ0v) is 11.6. The fourth-order valence-electron chi connectivity index (χ4n) is 2.11. The second kappa shape index (κ2) is 6.32. The monoisotopic (exact) mass is 315 g/mol. The number of benzene rings is 1. The summed E-state index contributed by atoms with van der Waals surface area (Å²) < 4.78 is 27.2. The smallest absolute Gasteiger partial charge is 0.147 e. The van der Waals surface area contributed by atoms with Crippen LogP contribution in [0.3, 0.4) is 0 Å². The van der Waals surface area contributed by atoms with Crippen LogP contribution in [0, 0.1) is 11.6 Å². The Labute approximate surface area is 114 Å². The van der Waals surface area contributed by atoms with Crippen molar-refractivity contribution in [3.63, 3.8) is 0 Å². The molecule has 1 aromatic carbocycles. The lowest BCUT2D eigenvalue weighted by molar-refractivity contribution is 0.585. The van der Waals surface area contributed by atoms with E-state index in [4.69, 9.17) is 0 Å². The highest BCUT2D eigenvalue weighted by atomic mass is 79.9. The van der Waals surface area contributed by atoms with Crippen LogP contribution in [-0.4, -0.2) is 6.04 Å². The maximum absolute atomic E-state index is 13.7. The van der Waals surface area contributed by atoms with E-state index >= 15 is 0 Å². The van der Waals surface area contributed by atoms with Crippen LogP contribution in [0.5, 0.6) is 0 Å². The zero-order chi connectivity index (χ0) is 13.0. The molecule has 2 rings (SSSR count). The molecule has 4 heteroatoms. The summed E-state index contributed by atoms with van der Waals surface area (Å²) >= 11 is 2.97. The van der Waals surface area contributed by atoms with Crippen molar-refractivity contribution in [2.75, 3.05) is 5.32 Å². The summed E-state index contributed by atoms with van der Waals surface area (Å²) in [6.07, 6.45) is 9.71. The quantitative estimate of drug-likeness (QED) is 0.596. The highest BCUT2D eigenvalue weighted by Crippen LogP contribution is 2.25. The lowest BCUT2D eigenvalue weighted by Gasteiger charge is -2.18. The van der Waals surface area contributed by atoms with E-state index in [1.807, 2.05) is 0 Å². The summed E-state index contributed by atoms with van der Waals surface area (Å²) in [5.41, 5.74) is 0.228. The van der Waals surface area contributed by atoms with E-state index in [1.54, 1.807) is 0 Å². The van der Waals surface area contributed by atoms with Gasteiger partial charge in [-0.1, -0.05) is 25.0 Å². The van der Waals surface area contributed by atoms with E-state index in [0.29, 0.717) is 0 Å². The first kappa shape index (κ1) is 13.5. The number of anilines is 1.